The van der Waals surface area contributed by atoms with Crippen molar-refractivity contribution in [3.63, 3.8) is 0 Å². The second-order valence-corrected chi connectivity index (χ2v) is 6.92. The highest BCUT2D eigenvalue weighted by molar-refractivity contribution is 6.34. The molecule has 2 aromatic carbocycles. The van der Waals surface area contributed by atoms with Gasteiger partial charge in [0.25, 0.3) is 5.91 Å². The Hall–Kier alpha value is -2.83. The number of benzene rings is 2. The van der Waals surface area contributed by atoms with E-state index in [9.17, 15) is 9.59 Å². The summed E-state index contributed by atoms with van der Waals surface area (Å²) in [6.45, 7) is 3.36. The zero-order valence-corrected chi connectivity index (χ0v) is 16.8. The lowest BCUT2D eigenvalue weighted by Crippen LogP contribution is -2.15. The van der Waals surface area contributed by atoms with E-state index in [1.807, 2.05) is 19.1 Å². The molecule has 2 N–H and O–H groups in total. The van der Waals surface area contributed by atoms with Crippen molar-refractivity contribution in [2.45, 2.75) is 20.3 Å². The molecule has 0 spiro atoms. The average Bonchev–Trinajstić information content (AvgIpc) is 3.07. The highest BCUT2D eigenvalue weighted by atomic mass is 35.5. The van der Waals surface area contributed by atoms with Crippen molar-refractivity contribution in [2.75, 3.05) is 10.6 Å². The standard InChI is InChI=1S/C20H18Cl2N4O2/c1-3-19-16(11-23-26(19)15-6-4-5-13(21)9-15)20(28)25-18-8-7-14(10-17(18)22)24-12(2)27/h4-11H,3H2,1-2H3,(H,24,27)(H,25,28). The number of halogens is 2. The van der Waals surface area contributed by atoms with Gasteiger partial charge in [-0.2, -0.15) is 5.10 Å². The molecular weight excluding hydrogens is 399 g/mol. The molecule has 0 atom stereocenters. The van der Waals surface area contributed by atoms with E-state index in [2.05, 4.69) is 15.7 Å². The maximum absolute atomic E-state index is 12.8. The number of carbonyl (C=O) groups excluding carboxylic acids is 2. The number of aromatic nitrogens is 2. The number of nitrogens with zero attached hydrogens (tertiary/aromatic N) is 2. The van der Waals surface area contributed by atoms with Gasteiger partial charge in [-0.15, -0.1) is 0 Å². The van der Waals surface area contributed by atoms with Crippen LogP contribution in [0.3, 0.4) is 0 Å². The number of hydrogen-bond acceptors (Lipinski definition) is 3. The summed E-state index contributed by atoms with van der Waals surface area (Å²) in [5, 5.41) is 10.7. The molecule has 144 valence electrons. The molecule has 1 aromatic heterocycles. The van der Waals surface area contributed by atoms with Crippen molar-refractivity contribution in [3.05, 3.63) is 70.0 Å². The van der Waals surface area contributed by atoms with Gasteiger partial charge >= 0.3 is 0 Å². The van der Waals surface area contributed by atoms with Gasteiger partial charge in [-0.1, -0.05) is 36.2 Å². The van der Waals surface area contributed by atoms with Crippen LogP contribution >= 0.6 is 23.2 Å². The van der Waals surface area contributed by atoms with E-state index in [0.717, 1.165) is 11.4 Å². The van der Waals surface area contributed by atoms with Gasteiger partial charge in [-0.05, 0) is 42.8 Å². The van der Waals surface area contributed by atoms with E-state index < -0.39 is 0 Å². The molecule has 0 saturated heterocycles. The molecule has 0 fully saturated rings. The Bertz CT molecular complexity index is 1050. The number of carbonyl (C=O) groups is 2. The maximum atomic E-state index is 12.8. The van der Waals surface area contributed by atoms with Gasteiger partial charge in [0, 0.05) is 17.6 Å². The van der Waals surface area contributed by atoms with Gasteiger partial charge in [0.1, 0.15) is 0 Å². The predicted octanol–water partition coefficient (Wildman–Crippen LogP) is 4.95. The van der Waals surface area contributed by atoms with Crippen molar-refractivity contribution in [1.29, 1.82) is 0 Å². The van der Waals surface area contributed by atoms with E-state index in [4.69, 9.17) is 23.2 Å². The molecule has 0 aliphatic rings. The van der Waals surface area contributed by atoms with Crippen molar-refractivity contribution in [3.8, 4) is 5.69 Å². The third-order valence-corrected chi connectivity index (χ3v) is 4.59. The molecular formula is C20H18Cl2N4O2. The molecule has 0 bridgehead atoms. The van der Waals surface area contributed by atoms with Gasteiger partial charge < -0.3 is 10.6 Å². The first-order valence-electron chi connectivity index (χ1n) is 8.60. The minimum absolute atomic E-state index is 0.200. The zero-order chi connectivity index (χ0) is 20.3. The van der Waals surface area contributed by atoms with Crippen molar-refractivity contribution in [1.82, 2.24) is 9.78 Å². The molecule has 0 saturated carbocycles. The Labute approximate surface area is 172 Å². The molecule has 8 heteroatoms. The number of anilines is 2. The topological polar surface area (TPSA) is 76.0 Å². The Morgan fingerprint density at radius 3 is 2.54 bits per heavy atom. The van der Waals surface area contributed by atoms with Crippen LogP contribution in [-0.4, -0.2) is 21.6 Å². The molecule has 0 radical (unpaired) electrons. The third-order valence-electron chi connectivity index (χ3n) is 4.04. The van der Waals surface area contributed by atoms with E-state index in [0.29, 0.717) is 33.4 Å². The summed E-state index contributed by atoms with van der Waals surface area (Å²) in [4.78, 5) is 23.9. The van der Waals surface area contributed by atoms with E-state index in [-0.39, 0.29) is 11.8 Å². The highest BCUT2D eigenvalue weighted by Crippen LogP contribution is 2.27. The second kappa shape index (κ2) is 8.46. The molecule has 2 amide bonds. The Balaban J connectivity index is 1.86. The van der Waals surface area contributed by atoms with Gasteiger partial charge in [0.2, 0.25) is 5.91 Å². The quantitative estimate of drug-likeness (QED) is 0.617. The summed E-state index contributed by atoms with van der Waals surface area (Å²) >= 11 is 12.3. The van der Waals surface area contributed by atoms with Crippen LogP contribution < -0.4 is 10.6 Å². The average molecular weight is 417 g/mol. The summed E-state index contributed by atoms with van der Waals surface area (Å²) in [5.74, 6) is -0.520. The van der Waals surface area contributed by atoms with Gasteiger partial charge in [-0.3, -0.25) is 9.59 Å². The zero-order valence-electron chi connectivity index (χ0n) is 15.3. The Morgan fingerprint density at radius 1 is 1.11 bits per heavy atom. The summed E-state index contributed by atoms with van der Waals surface area (Å²) in [5.41, 5.74) is 2.98. The second-order valence-electron chi connectivity index (χ2n) is 6.08. The summed E-state index contributed by atoms with van der Waals surface area (Å²) < 4.78 is 1.70. The fourth-order valence-electron chi connectivity index (χ4n) is 2.82. The number of amides is 2. The first-order valence-corrected chi connectivity index (χ1v) is 9.36. The van der Waals surface area contributed by atoms with Gasteiger partial charge in [0.05, 0.1) is 33.9 Å². The van der Waals surface area contributed by atoms with Crippen LogP contribution in [0.2, 0.25) is 10.0 Å². The Morgan fingerprint density at radius 2 is 1.89 bits per heavy atom. The van der Waals surface area contributed by atoms with E-state index >= 15 is 0 Å². The molecule has 0 aliphatic heterocycles. The molecule has 28 heavy (non-hydrogen) atoms. The van der Waals surface area contributed by atoms with E-state index in [1.54, 1.807) is 35.0 Å². The van der Waals surface area contributed by atoms with Crippen LogP contribution in [0.5, 0.6) is 0 Å². The largest absolute Gasteiger partial charge is 0.326 e. The molecule has 0 unspecified atom stereocenters. The molecule has 1 heterocycles. The van der Waals surface area contributed by atoms with Crippen LogP contribution in [0.15, 0.2) is 48.7 Å². The van der Waals surface area contributed by atoms with Crippen LogP contribution in [-0.2, 0) is 11.2 Å². The summed E-state index contributed by atoms with van der Waals surface area (Å²) in [6.07, 6.45) is 2.12. The fraction of sp³-hybridized carbons (Fsp3) is 0.150. The highest BCUT2D eigenvalue weighted by Gasteiger charge is 2.18. The molecule has 0 aliphatic carbocycles. The summed E-state index contributed by atoms with van der Waals surface area (Å²) in [7, 11) is 0. The molecule has 6 nitrogen and oxygen atoms in total. The van der Waals surface area contributed by atoms with Gasteiger partial charge in [0.15, 0.2) is 0 Å². The maximum Gasteiger partial charge on any atom is 0.259 e. The van der Waals surface area contributed by atoms with Crippen LogP contribution in [0.25, 0.3) is 5.69 Å². The van der Waals surface area contributed by atoms with Crippen LogP contribution in [0, 0.1) is 0 Å². The fourth-order valence-corrected chi connectivity index (χ4v) is 3.23. The smallest absolute Gasteiger partial charge is 0.259 e. The van der Waals surface area contributed by atoms with Gasteiger partial charge in [-0.25, -0.2) is 4.68 Å². The monoisotopic (exact) mass is 416 g/mol. The van der Waals surface area contributed by atoms with Crippen molar-refractivity contribution in [2.24, 2.45) is 0 Å². The van der Waals surface area contributed by atoms with E-state index in [1.165, 1.54) is 13.1 Å². The number of nitrogens with one attached hydrogen (secondary N) is 2. The van der Waals surface area contributed by atoms with Crippen molar-refractivity contribution < 1.29 is 9.59 Å². The lowest BCUT2D eigenvalue weighted by molar-refractivity contribution is -0.114. The summed E-state index contributed by atoms with van der Waals surface area (Å²) in [6, 6.07) is 12.1. The molecule has 3 rings (SSSR count). The predicted molar refractivity (Wildman–Crippen MR) is 112 cm³/mol. The SMILES string of the molecule is CCc1c(C(=O)Nc2ccc(NC(C)=O)cc2Cl)cnn1-c1cccc(Cl)c1. The first kappa shape index (κ1) is 19.9. The van der Waals surface area contributed by atoms with Crippen molar-refractivity contribution >= 4 is 46.4 Å². The first-order chi connectivity index (χ1) is 13.4. The minimum Gasteiger partial charge on any atom is -0.326 e. The lowest BCUT2D eigenvalue weighted by atomic mass is 10.1. The minimum atomic E-state index is -0.320. The van der Waals surface area contributed by atoms with Crippen LogP contribution in [0.1, 0.15) is 29.9 Å². The van der Waals surface area contributed by atoms with Crippen LogP contribution in [0.4, 0.5) is 11.4 Å². The lowest BCUT2D eigenvalue weighted by Gasteiger charge is -2.11. The number of rotatable bonds is 5. The molecule has 3 aromatic rings. The number of hydrogen-bond donors (Lipinski definition) is 2. The Kier molecular flexibility index (Phi) is 6.02. The normalized spacial score (nSPS) is 10.6. The third kappa shape index (κ3) is 4.35.